The Morgan fingerprint density at radius 3 is 2.29 bits per heavy atom. The summed E-state index contributed by atoms with van der Waals surface area (Å²) in [5.74, 6) is -0.633. The van der Waals surface area contributed by atoms with Crippen molar-refractivity contribution in [3.05, 3.63) is 83.0 Å². The normalized spacial score (nSPS) is 12.4. The second-order valence-electron chi connectivity index (χ2n) is 6.20. The lowest BCUT2D eigenvalue weighted by molar-refractivity contribution is 0.0940. The van der Waals surface area contributed by atoms with E-state index >= 15 is 0 Å². The zero-order valence-electron chi connectivity index (χ0n) is 15.3. The Morgan fingerprint density at radius 1 is 1.07 bits per heavy atom. The first kappa shape index (κ1) is 20.0. The van der Waals surface area contributed by atoms with Gasteiger partial charge in [0, 0.05) is 12.6 Å². The number of sulfonamides is 1. The first-order valence-corrected chi connectivity index (χ1v) is 10.8. The van der Waals surface area contributed by atoms with E-state index in [1.165, 1.54) is 23.5 Å². The predicted octanol–water partition coefficient (Wildman–Crippen LogP) is 4.20. The van der Waals surface area contributed by atoms with Crippen LogP contribution < -0.4 is 9.62 Å². The lowest BCUT2D eigenvalue weighted by Gasteiger charge is -2.19. The summed E-state index contributed by atoms with van der Waals surface area (Å²) in [6.45, 7) is 1.81. The maximum Gasteiger partial charge on any atom is 0.273 e. The zero-order valence-corrected chi connectivity index (χ0v) is 16.9. The highest BCUT2D eigenvalue weighted by Crippen LogP contribution is 2.25. The van der Waals surface area contributed by atoms with Gasteiger partial charge in [0.05, 0.1) is 11.7 Å². The molecule has 3 aromatic rings. The highest BCUT2D eigenvalue weighted by Gasteiger charge is 2.22. The number of carbonyl (C=O) groups is 1. The number of thiophene rings is 1. The number of rotatable bonds is 6. The first-order valence-electron chi connectivity index (χ1n) is 8.48. The van der Waals surface area contributed by atoms with Gasteiger partial charge in [-0.2, -0.15) is 0 Å². The SMILES string of the molecule is CC(NC(=O)c1ccc(N(C)S(=O)(=O)c2cccs2)cc1)c1ccc(F)cc1. The predicted molar refractivity (Wildman–Crippen MR) is 109 cm³/mol. The van der Waals surface area contributed by atoms with Gasteiger partial charge in [-0.05, 0) is 60.3 Å². The Hall–Kier alpha value is -2.71. The standard InChI is InChI=1S/C20H19FN2O3S2/c1-14(15-5-9-17(21)10-6-15)22-20(24)16-7-11-18(12-8-16)23(2)28(25,26)19-4-3-13-27-19/h3-14H,1-2H3,(H,22,24). The van der Waals surface area contributed by atoms with Crippen molar-refractivity contribution in [1.82, 2.24) is 5.32 Å². The molecule has 0 aliphatic rings. The fourth-order valence-corrected chi connectivity index (χ4v) is 4.98. The van der Waals surface area contributed by atoms with Gasteiger partial charge in [-0.3, -0.25) is 9.10 Å². The summed E-state index contributed by atoms with van der Waals surface area (Å²) in [7, 11) is -2.15. The molecule has 3 rings (SSSR count). The van der Waals surface area contributed by atoms with E-state index in [0.717, 1.165) is 16.9 Å². The van der Waals surface area contributed by atoms with Gasteiger partial charge >= 0.3 is 0 Å². The fraction of sp³-hybridized carbons (Fsp3) is 0.150. The van der Waals surface area contributed by atoms with Crippen LogP contribution in [0.15, 0.2) is 70.3 Å². The van der Waals surface area contributed by atoms with Crippen molar-refractivity contribution in [3.63, 3.8) is 0 Å². The van der Waals surface area contributed by atoms with Gasteiger partial charge in [0.1, 0.15) is 10.0 Å². The second kappa shape index (κ2) is 8.12. The lowest BCUT2D eigenvalue weighted by atomic mass is 10.1. The number of hydrogen-bond acceptors (Lipinski definition) is 4. The summed E-state index contributed by atoms with van der Waals surface area (Å²) >= 11 is 1.15. The summed E-state index contributed by atoms with van der Waals surface area (Å²) in [5, 5.41) is 4.55. The van der Waals surface area contributed by atoms with E-state index in [9.17, 15) is 17.6 Å². The van der Waals surface area contributed by atoms with Crippen molar-refractivity contribution in [1.29, 1.82) is 0 Å². The molecule has 0 spiro atoms. The third-order valence-corrected chi connectivity index (χ3v) is 7.48. The molecule has 5 nitrogen and oxygen atoms in total. The van der Waals surface area contributed by atoms with Crippen molar-refractivity contribution in [3.8, 4) is 0 Å². The minimum Gasteiger partial charge on any atom is -0.346 e. The zero-order chi connectivity index (χ0) is 20.3. The molecule has 0 aliphatic carbocycles. The number of carbonyl (C=O) groups excluding carboxylic acids is 1. The molecule has 1 aromatic heterocycles. The number of nitrogens with zero attached hydrogens (tertiary/aromatic N) is 1. The maximum atomic E-state index is 13.0. The molecule has 0 bridgehead atoms. The van der Waals surface area contributed by atoms with Gasteiger partial charge in [-0.15, -0.1) is 11.3 Å². The maximum absolute atomic E-state index is 13.0. The quantitative estimate of drug-likeness (QED) is 0.652. The number of benzene rings is 2. The third-order valence-electron chi connectivity index (χ3n) is 4.32. The van der Waals surface area contributed by atoms with Gasteiger partial charge in [-0.25, -0.2) is 12.8 Å². The van der Waals surface area contributed by atoms with E-state index in [2.05, 4.69) is 5.32 Å². The summed E-state index contributed by atoms with van der Waals surface area (Å²) in [6, 6.07) is 15.2. The van der Waals surface area contributed by atoms with Crippen molar-refractivity contribution >= 4 is 33.0 Å². The molecular weight excluding hydrogens is 399 g/mol. The Kier molecular flexibility index (Phi) is 5.81. The van der Waals surface area contributed by atoms with Gasteiger partial charge in [-0.1, -0.05) is 18.2 Å². The van der Waals surface area contributed by atoms with E-state index in [4.69, 9.17) is 0 Å². The fourth-order valence-electron chi connectivity index (χ4n) is 2.62. The molecule has 0 saturated carbocycles. The molecule has 28 heavy (non-hydrogen) atoms. The van der Waals surface area contributed by atoms with Crippen LogP contribution in [0.25, 0.3) is 0 Å². The lowest BCUT2D eigenvalue weighted by Crippen LogP contribution is -2.27. The summed E-state index contributed by atoms with van der Waals surface area (Å²) < 4.78 is 39.6. The Bertz CT molecular complexity index is 1050. The average molecular weight is 419 g/mol. The molecule has 0 fully saturated rings. The topological polar surface area (TPSA) is 66.5 Å². The number of halogens is 1. The molecule has 0 saturated heterocycles. The van der Waals surface area contributed by atoms with E-state index in [-0.39, 0.29) is 22.0 Å². The second-order valence-corrected chi connectivity index (χ2v) is 9.34. The third kappa shape index (κ3) is 4.23. The van der Waals surface area contributed by atoms with E-state index in [0.29, 0.717) is 11.3 Å². The van der Waals surface area contributed by atoms with Crippen LogP contribution in [0.1, 0.15) is 28.9 Å². The Balaban J connectivity index is 1.71. The highest BCUT2D eigenvalue weighted by atomic mass is 32.2. The van der Waals surface area contributed by atoms with Crippen molar-refractivity contribution < 1.29 is 17.6 Å². The van der Waals surface area contributed by atoms with Gasteiger partial charge < -0.3 is 5.32 Å². The first-order chi connectivity index (χ1) is 13.3. The largest absolute Gasteiger partial charge is 0.346 e. The summed E-state index contributed by atoms with van der Waals surface area (Å²) in [4.78, 5) is 12.4. The number of hydrogen-bond donors (Lipinski definition) is 1. The molecular formula is C20H19FN2O3S2. The number of anilines is 1. The molecule has 1 unspecified atom stereocenters. The summed E-state index contributed by atoms with van der Waals surface area (Å²) in [5.41, 5.74) is 1.64. The van der Waals surface area contributed by atoms with Crippen LogP contribution in [0.3, 0.4) is 0 Å². The Morgan fingerprint density at radius 2 is 1.71 bits per heavy atom. The molecule has 8 heteroatoms. The molecule has 0 aliphatic heterocycles. The average Bonchev–Trinajstić information content (AvgIpc) is 3.23. The highest BCUT2D eigenvalue weighted by molar-refractivity contribution is 7.94. The summed E-state index contributed by atoms with van der Waals surface area (Å²) in [6.07, 6.45) is 0. The monoisotopic (exact) mass is 418 g/mol. The van der Waals surface area contributed by atoms with Crippen LogP contribution in [0.5, 0.6) is 0 Å². The van der Waals surface area contributed by atoms with Gasteiger partial charge in [0.15, 0.2) is 0 Å². The molecule has 1 N–H and O–H groups in total. The van der Waals surface area contributed by atoms with Crippen LogP contribution in [-0.4, -0.2) is 21.4 Å². The minimum absolute atomic E-state index is 0.255. The number of amides is 1. The Labute approximate surface area is 167 Å². The van der Waals surface area contributed by atoms with E-state index < -0.39 is 10.0 Å². The molecule has 0 radical (unpaired) electrons. The van der Waals surface area contributed by atoms with Crippen molar-refractivity contribution in [2.45, 2.75) is 17.2 Å². The molecule has 2 aromatic carbocycles. The van der Waals surface area contributed by atoms with Crippen molar-refractivity contribution in [2.75, 3.05) is 11.4 Å². The smallest absolute Gasteiger partial charge is 0.273 e. The van der Waals surface area contributed by atoms with E-state index in [1.54, 1.807) is 60.8 Å². The number of nitrogens with one attached hydrogen (secondary N) is 1. The van der Waals surface area contributed by atoms with Crippen LogP contribution in [0, 0.1) is 5.82 Å². The minimum atomic E-state index is -3.62. The van der Waals surface area contributed by atoms with Crippen LogP contribution in [0.4, 0.5) is 10.1 Å². The van der Waals surface area contributed by atoms with Crippen LogP contribution in [-0.2, 0) is 10.0 Å². The van der Waals surface area contributed by atoms with Crippen molar-refractivity contribution in [2.24, 2.45) is 0 Å². The molecule has 1 atom stereocenters. The van der Waals surface area contributed by atoms with E-state index in [1.807, 2.05) is 0 Å². The van der Waals surface area contributed by atoms with Gasteiger partial charge in [0.25, 0.3) is 15.9 Å². The van der Waals surface area contributed by atoms with Crippen LogP contribution >= 0.6 is 11.3 Å². The van der Waals surface area contributed by atoms with Gasteiger partial charge in [0.2, 0.25) is 0 Å². The molecule has 146 valence electrons. The van der Waals surface area contributed by atoms with Crippen LogP contribution in [0.2, 0.25) is 0 Å². The molecule has 1 heterocycles. The molecule has 1 amide bonds.